The Hall–Kier alpha value is -0.730. The smallest absolute Gasteiger partial charge is 0.0429 e. The molecule has 0 atom stereocenters. The van der Waals surface area contributed by atoms with Crippen LogP contribution < -0.4 is 11.1 Å². The van der Waals surface area contributed by atoms with Crippen molar-refractivity contribution in [3.8, 4) is 0 Å². The van der Waals surface area contributed by atoms with E-state index in [1.165, 1.54) is 0 Å². The molecule has 0 unspecified atom stereocenters. The summed E-state index contributed by atoms with van der Waals surface area (Å²) in [5, 5.41) is 3.71. The van der Waals surface area contributed by atoms with E-state index in [0.29, 0.717) is 10.7 Å². The van der Waals surface area contributed by atoms with Gasteiger partial charge >= 0.3 is 0 Å². The molecular formula is C8H11ClN2. The second-order valence-electron chi connectivity index (χ2n) is 2.42. The van der Waals surface area contributed by atoms with Gasteiger partial charge in [0, 0.05) is 17.3 Å². The Morgan fingerprint density at radius 2 is 2.18 bits per heavy atom. The maximum Gasteiger partial charge on any atom is 0.0429 e. The van der Waals surface area contributed by atoms with E-state index in [0.717, 1.165) is 12.1 Å². The van der Waals surface area contributed by atoms with Gasteiger partial charge in [-0.1, -0.05) is 11.6 Å². The highest BCUT2D eigenvalue weighted by Crippen LogP contribution is 2.16. The molecule has 0 spiro atoms. The lowest BCUT2D eigenvalue weighted by Gasteiger charge is -2.01. The fourth-order valence-electron chi connectivity index (χ4n) is 0.982. The fraction of sp³-hybridized carbons (Fsp3) is 0.250. The lowest BCUT2D eigenvalue weighted by Crippen LogP contribution is -2.05. The van der Waals surface area contributed by atoms with Crippen LogP contribution in [0.3, 0.4) is 0 Å². The molecule has 0 heterocycles. The average Bonchev–Trinajstić information content (AvgIpc) is 1.85. The molecule has 60 valence electrons. The topological polar surface area (TPSA) is 38.0 Å². The zero-order valence-electron chi connectivity index (χ0n) is 6.39. The third-order valence-electron chi connectivity index (χ3n) is 1.36. The predicted octanol–water partition coefficient (Wildman–Crippen LogP) is 1.64. The Kier molecular flexibility index (Phi) is 2.74. The monoisotopic (exact) mass is 170 g/mol. The molecule has 1 aromatic rings. The first-order valence-electron chi connectivity index (χ1n) is 3.42. The van der Waals surface area contributed by atoms with E-state index in [4.69, 9.17) is 17.3 Å². The van der Waals surface area contributed by atoms with Crippen molar-refractivity contribution in [2.75, 3.05) is 12.8 Å². The highest BCUT2D eigenvalue weighted by atomic mass is 35.5. The summed E-state index contributed by atoms with van der Waals surface area (Å²) in [5.74, 6) is 0. The molecule has 0 amide bonds. The fourth-order valence-corrected chi connectivity index (χ4v) is 1.25. The number of hydrogen-bond donors (Lipinski definition) is 2. The number of nitrogens with one attached hydrogen (secondary N) is 1. The summed E-state index contributed by atoms with van der Waals surface area (Å²) in [6.07, 6.45) is 0. The molecule has 0 saturated carbocycles. The van der Waals surface area contributed by atoms with Gasteiger partial charge in [0.2, 0.25) is 0 Å². The van der Waals surface area contributed by atoms with Crippen LogP contribution in [0.2, 0.25) is 5.02 Å². The Balaban J connectivity index is 2.89. The predicted molar refractivity (Wildman–Crippen MR) is 48.6 cm³/mol. The number of nitrogens with two attached hydrogens (primary N) is 1. The zero-order valence-corrected chi connectivity index (χ0v) is 7.15. The van der Waals surface area contributed by atoms with Crippen LogP contribution in [0.15, 0.2) is 18.2 Å². The van der Waals surface area contributed by atoms with E-state index >= 15 is 0 Å². The molecule has 0 bridgehead atoms. The largest absolute Gasteiger partial charge is 0.399 e. The summed E-state index contributed by atoms with van der Waals surface area (Å²) in [4.78, 5) is 0. The average molecular weight is 171 g/mol. The highest BCUT2D eigenvalue weighted by Gasteiger charge is 1.94. The summed E-state index contributed by atoms with van der Waals surface area (Å²) in [7, 11) is 1.89. The molecule has 11 heavy (non-hydrogen) atoms. The van der Waals surface area contributed by atoms with Crippen LogP contribution in [0.1, 0.15) is 5.56 Å². The molecule has 0 fully saturated rings. The molecule has 2 nitrogen and oxygen atoms in total. The van der Waals surface area contributed by atoms with Crippen LogP contribution >= 0.6 is 11.6 Å². The Labute approximate surface area is 71.4 Å². The van der Waals surface area contributed by atoms with E-state index in [1.807, 2.05) is 19.2 Å². The molecule has 1 rings (SSSR count). The van der Waals surface area contributed by atoms with Gasteiger partial charge < -0.3 is 11.1 Å². The van der Waals surface area contributed by atoms with Crippen molar-refractivity contribution < 1.29 is 0 Å². The van der Waals surface area contributed by atoms with Gasteiger partial charge in [-0.05, 0) is 30.8 Å². The first-order chi connectivity index (χ1) is 5.22. The standard InChI is InChI=1S/C8H11ClN2/c1-11-5-6-2-7(9)4-8(10)3-6/h2-4,11H,5,10H2,1H3. The minimum atomic E-state index is 0.690. The van der Waals surface area contributed by atoms with Crippen LogP contribution in [0, 0.1) is 0 Å². The summed E-state index contributed by atoms with van der Waals surface area (Å²) < 4.78 is 0. The molecule has 3 N–H and O–H groups in total. The van der Waals surface area contributed by atoms with Crippen LogP contribution in [-0.2, 0) is 6.54 Å². The van der Waals surface area contributed by atoms with E-state index < -0.39 is 0 Å². The molecule has 3 heteroatoms. The number of anilines is 1. The molecule has 0 aliphatic rings. The number of benzene rings is 1. The molecule has 0 aliphatic heterocycles. The van der Waals surface area contributed by atoms with E-state index in [2.05, 4.69) is 5.32 Å². The van der Waals surface area contributed by atoms with Crippen LogP contribution in [0.25, 0.3) is 0 Å². The zero-order chi connectivity index (χ0) is 8.27. The Morgan fingerprint density at radius 1 is 1.45 bits per heavy atom. The summed E-state index contributed by atoms with van der Waals surface area (Å²) in [6.45, 7) is 0.796. The number of nitrogen functional groups attached to an aromatic ring is 1. The van der Waals surface area contributed by atoms with Gasteiger partial charge in [0.15, 0.2) is 0 Å². The van der Waals surface area contributed by atoms with Gasteiger partial charge in [-0.15, -0.1) is 0 Å². The second kappa shape index (κ2) is 3.60. The third kappa shape index (κ3) is 2.41. The van der Waals surface area contributed by atoms with Gasteiger partial charge in [0.05, 0.1) is 0 Å². The molecule has 0 aliphatic carbocycles. The van der Waals surface area contributed by atoms with E-state index in [-0.39, 0.29) is 0 Å². The van der Waals surface area contributed by atoms with E-state index in [1.54, 1.807) is 6.07 Å². The summed E-state index contributed by atoms with van der Waals surface area (Å²) >= 11 is 5.78. The van der Waals surface area contributed by atoms with E-state index in [9.17, 15) is 0 Å². The Morgan fingerprint density at radius 3 is 2.73 bits per heavy atom. The SMILES string of the molecule is CNCc1cc(N)cc(Cl)c1. The van der Waals surface area contributed by atoms with Gasteiger partial charge in [-0.25, -0.2) is 0 Å². The van der Waals surface area contributed by atoms with Crippen molar-refractivity contribution >= 4 is 17.3 Å². The summed E-state index contributed by atoms with van der Waals surface area (Å²) in [6, 6.07) is 5.54. The lowest BCUT2D eigenvalue weighted by molar-refractivity contribution is 0.818. The number of rotatable bonds is 2. The minimum absolute atomic E-state index is 0.690. The quantitative estimate of drug-likeness (QED) is 0.663. The third-order valence-corrected chi connectivity index (χ3v) is 1.58. The molecule has 0 radical (unpaired) electrons. The van der Waals surface area contributed by atoms with Gasteiger partial charge in [0.25, 0.3) is 0 Å². The molecule has 0 saturated heterocycles. The Bertz CT molecular complexity index is 228. The maximum absolute atomic E-state index is 5.78. The maximum atomic E-state index is 5.78. The van der Waals surface area contributed by atoms with Gasteiger partial charge in [-0.2, -0.15) is 0 Å². The van der Waals surface area contributed by atoms with Crippen LogP contribution in [-0.4, -0.2) is 7.05 Å². The van der Waals surface area contributed by atoms with Gasteiger partial charge in [0.1, 0.15) is 0 Å². The summed E-state index contributed by atoms with van der Waals surface area (Å²) in [5.41, 5.74) is 7.40. The van der Waals surface area contributed by atoms with Crippen molar-refractivity contribution in [3.63, 3.8) is 0 Å². The van der Waals surface area contributed by atoms with Crippen LogP contribution in [0.5, 0.6) is 0 Å². The van der Waals surface area contributed by atoms with Crippen molar-refractivity contribution in [3.05, 3.63) is 28.8 Å². The molecule has 1 aromatic carbocycles. The first-order valence-corrected chi connectivity index (χ1v) is 3.79. The van der Waals surface area contributed by atoms with Crippen LogP contribution in [0.4, 0.5) is 5.69 Å². The first kappa shape index (κ1) is 8.37. The molecule has 0 aromatic heterocycles. The van der Waals surface area contributed by atoms with Crippen molar-refractivity contribution in [2.24, 2.45) is 0 Å². The normalized spacial score (nSPS) is 10.0. The van der Waals surface area contributed by atoms with Gasteiger partial charge in [-0.3, -0.25) is 0 Å². The number of halogens is 1. The second-order valence-corrected chi connectivity index (χ2v) is 2.86. The van der Waals surface area contributed by atoms with Crippen molar-refractivity contribution in [2.45, 2.75) is 6.54 Å². The number of hydrogen-bond acceptors (Lipinski definition) is 2. The van der Waals surface area contributed by atoms with Crippen molar-refractivity contribution in [1.29, 1.82) is 0 Å². The van der Waals surface area contributed by atoms with Crippen molar-refractivity contribution in [1.82, 2.24) is 5.32 Å². The lowest BCUT2D eigenvalue weighted by atomic mass is 10.2. The molecular weight excluding hydrogens is 160 g/mol. The highest BCUT2D eigenvalue weighted by molar-refractivity contribution is 6.30. The minimum Gasteiger partial charge on any atom is -0.399 e.